The predicted octanol–water partition coefficient (Wildman–Crippen LogP) is 0.338. The molecule has 124 heavy (non-hydrogen) atoms. The number of imidazole rings is 1. The van der Waals surface area contributed by atoms with Gasteiger partial charge >= 0.3 is 137 Å². The van der Waals surface area contributed by atoms with Crippen molar-refractivity contribution in [2.45, 2.75) is 42.8 Å². The maximum atomic E-state index is 10.9. The quantitative estimate of drug-likeness (QED) is 0.0222. The number of rotatable bonds is 29. The molecule has 7 aromatic rings. The number of aliphatic hydroxyl groups excluding tert-OH is 3. The molecule has 28 N–H and O–H groups in total. The Hall–Kier alpha value is -17.6. The minimum atomic E-state index is -2.27. The van der Waals surface area contributed by atoms with Crippen LogP contribution >= 0.6 is 12.6 Å². The molecule has 55 heteroatoms. The second kappa shape index (κ2) is 57.4. The highest BCUT2D eigenvalue weighted by Gasteiger charge is 2.30. The number of aliphatic carboxylic acids is 10. The zero-order chi connectivity index (χ0) is 97.0. The number of carboxylic acid groups (broad SMARTS) is 23. The number of benzene rings is 5. The summed E-state index contributed by atoms with van der Waals surface area (Å²) >= 11 is 3.48. The van der Waals surface area contributed by atoms with Gasteiger partial charge in [0.2, 0.25) is 0 Å². The molecule has 0 aliphatic heterocycles. The molecule has 4 atom stereocenters. The molecule has 0 saturated heterocycles. The van der Waals surface area contributed by atoms with E-state index in [0.29, 0.717) is 10.8 Å². The lowest BCUT2D eigenvalue weighted by molar-refractivity contribution is -0.165. The van der Waals surface area contributed by atoms with Crippen molar-refractivity contribution in [2.75, 3.05) is 13.1 Å². The van der Waals surface area contributed by atoms with E-state index in [-0.39, 0.29) is 68.7 Å². The number of carboxylic acids is 23. The van der Waals surface area contributed by atoms with Crippen molar-refractivity contribution >= 4 is 161 Å². The molecule has 54 nitrogen and oxygen atoms in total. The van der Waals surface area contributed by atoms with Gasteiger partial charge in [-0.2, -0.15) is 12.6 Å². The van der Waals surface area contributed by atoms with Crippen LogP contribution in [0.1, 0.15) is 154 Å². The van der Waals surface area contributed by atoms with Crippen LogP contribution in [0.15, 0.2) is 134 Å². The van der Waals surface area contributed by atoms with Gasteiger partial charge in [0, 0.05) is 18.0 Å². The van der Waals surface area contributed by atoms with Gasteiger partial charge in [-0.3, -0.25) is 34.1 Å². The van der Waals surface area contributed by atoms with E-state index in [1.807, 2.05) is 0 Å². The zero-order valence-electron chi connectivity index (χ0n) is 61.4. The van der Waals surface area contributed by atoms with Crippen LogP contribution in [0.5, 0.6) is 0 Å². The van der Waals surface area contributed by atoms with Gasteiger partial charge < -0.3 is 138 Å². The van der Waals surface area contributed by atoms with Crippen LogP contribution in [0.4, 0.5) is 0 Å². The van der Waals surface area contributed by atoms with E-state index in [9.17, 15) is 110 Å². The van der Waals surface area contributed by atoms with Gasteiger partial charge in [0.05, 0.1) is 88.8 Å². The largest absolute Gasteiger partial charge is 0.481 e. The molecule has 0 aliphatic carbocycles. The fourth-order valence-corrected chi connectivity index (χ4v) is 6.95. The normalized spacial score (nSPS) is 10.4. The van der Waals surface area contributed by atoms with Crippen molar-refractivity contribution in [3.8, 4) is 0 Å². The summed E-state index contributed by atoms with van der Waals surface area (Å²) in [4.78, 5) is 246. The van der Waals surface area contributed by atoms with Crippen molar-refractivity contribution in [1.82, 2.24) is 25.3 Å². The van der Waals surface area contributed by atoms with E-state index >= 15 is 0 Å². The third kappa shape index (κ3) is 47.4. The van der Waals surface area contributed by atoms with Gasteiger partial charge in [-0.05, 0) is 83.6 Å². The summed E-state index contributed by atoms with van der Waals surface area (Å²) in [5.74, 6) is -29.4. The van der Waals surface area contributed by atoms with Crippen molar-refractivity contribution in [3.63, 3.8) is 0 Å². The zero-order valence-corrected chi connectivity index (χ0v) is 62.3. The Kier molecular flexibility index (Phi) is 52.2. The van der Waals surface area contributed by atoms with E-state index in [1.54, 1.807) is 24.3 Å². The molecule has 0 amide bonds. The molecule has 0 spiro atoms. The fourth-order valence-electron chi connectivity index (χ4n) is 6.79. The molecule has 2 aromatic heterocycles. The predicted molar refractivity (Wildman–Crippen MR) is 397 cm³/mol. The topological polar surface area (TPSA) is 985 Å². The number of carbonyl (C=O) groups is 23. The van der Waals surface area contributed by atoms with E-state index in [2.05, 4.69) is 44.5 Å². The fraction of sp³-hybridized carbons (Fsp3) is 0.130. The van der Waals surface area contributed by atoms with Crippen molar-refractivity contribution in [2.24, 2.45) is 0 Å². The van der Waals surface area contributed by atoms with E-state index in [0.717, 1.165) is 43.0 Å². The lowest BCUT2D eigenvalue weighted by Crippen LogP contribution is -2.39. The molecular formula is C69H65N5O49S. The number of aliphatic hydroxyl groups is 3. The van der Waals surface area contributed by atoms with Gasteiger partial charge in [-0.15, -0.1) is 0 Å². The van der Waals surface area contributed by atoms with Crippen LogP contribution in [-0.4, -0.2) is 327 Å². The number of nitrogens with zero attached hydrogens (tertiary/aromatic N) is 3. The minimum absolute atomic E-state index is 0.0186. The second-order valence-corrected chi connectivity index (χ2v) is 22.0. The maximum Gasteiger partial charge on any atom is 0.357 e. The molecule has 5 aromatic carbocycles. The van der Waals surface area contributed by atoms with Crippen LogP contribution in [0.3, 0.4) is 0 Å². The van der Waals surface area contributed by atoms with Gasteiger partial charge in [-0.1, -0.05) is 36.9 Å². The molecule has 666 valence electrons. The monoisotopic (exact) mass is 1780 g/mol. The van der Waals surface area contributed by atoms with E-state index in [1.165, 1.54) is 54.6 Å². The first-order valence-corrected chi connectivity index (χ1v) is 31.8. The molecule has 7 rings (SSSR count). The van der Waals surface area contributed by atoms with Gasteiger partial charge in [0.15, 0.2) is 41.1 Å². The van der Waals surface area contributed by atoms with Crippen LogP contribution < -0.4 is 5.32 Å². The molecule has 0 saturated carbocycles. The smallest absolute Gasteiger partial charge is 0.357 e. The molecule has 0 radical (unpaired) electrons. The summed E-state index contributed by atoms with van der Waals surface area (Å²) < 4.78 is 0. The summed E-state index contributed by atoms with van der Waals surface area (Å²) in [6.45, 7) is 2.39. The van der Waals surface area contributed by atoms with E-state index in [4.69, 9.17) is 133 Å². The number of hydrogen-bond donors (Lipinski definition) is 29. The Morgan fingerprint density at radius 1 is 0.331 bits per heavy atom. The summed E-state index contributed by atoms with van der Waals surface area (Å²) in [5.41, 5.74) is -3.04. The summed E-state index contributed by atoms with van der Waals surface area (Å²) in [5, 5.41) is 218. The molecular weight excluding hydrogens is 1710 g/mol. The summed E-state index contributed by atoms with van der Waals surface area (Å²) in [6, 6.07) is 22.1. The van der Waals surface area contributed by atoms with Crippen LogP contribution in [0, 0.1) is 0 Å². The number of thiol groups is 1. The first kappa shape index (κ1) is 113. The van der Waals surface area contributed by atoms with Gasteiger partial charge in [-0.25, -0.2) is 96.5 Å². The highest BCUT2D eigenvalue weighted by Crippen LogP contribution is 2.23. The highest BCUT2D eigenvalue weighted by molar-refractivity contribution is 7.81. The van der Waals surface area contributed by atoms with Gasteiger partial charge in [0.1, 0.15) is 5.25 Å². The lowest BCUT2D eigenvalue weighted by Gasteiger charge is -2.07. The van der Waals surface area contributed by atoms with Crippen LogP contribution in [0.2, 0.25) is 0 Å². The number of H-pyrrole nitrogens is 1. The summed E-state index contributed by atoms with van der Waals surface area (Å²) in [6.07, 6.45) is -4.76. The average Bonchev–Trinajstić information content (AvgIpc) is 1.15. The molecule has 2 heterocycles. The van der Waals surface area contributed by atoms with Crippen LogP contribution in [0.25, 0.3) is 10.8 Å². The Morgan fingerprint density at radius 3 is 0.863 bits per heavy atom. The standard InChI is InChI=1S/C12H8O4.C9H6O6.2C8H6O4.C6H4N2O4.C5H4N2O4.C5H6O4.C4H7NO4.C4H6O6.C4H6O5.C4H6O4S/c13-11(14)9-5-6-10(12(15)16)8-4-2-1-3-7(8)9;10-7(11)4-1-5(8(12)13)3-6(2-4)9(14)15;9-7(10)5-1-2-6(4-3-5)8(11)12;9-7(10)5-2-1-3-6(4-5)8(11)12;9-5(10)3-4(6(11)12)8-2-1-7-3;8-4(9)2-3(5(10)11)7-1-6-2;1-3(5(8)9)2-4(6)7;6-3(7)1-5-2-4(8)9;5-1(3(7)8)2(6)4(9)10;5-2(4(8)9)1-3(6)7;5-3(6)1-2(9)4(7)8/h1-6H,(H,13,14)(H,15,16);1-3H,(H,10,11)(H,12,13)(H,14,15);2*1-4H,(H,9,10)(H,11,12);1-2H,(H,9,10)(H,11,12);1H,(H,6,7)(H,8,9)(H,10,11);1-2H2,(H,6,7)(H,8,9);5H,1-2H2,(H,6,7)(H,8,9);1-2,5-6H,(H,7,8)(H,9,10);2,5H,1H2,(H,6,7)(H,8,9);2,9H,1H2,(H,5,6)(H,7,8). The Morgan fingerprint density at radius 2 is 0.653 bits per heavy atom. The van der Waals surface area contributed by atoms with Gasteiger partial charge in [0.25, 0.3) is 0 Å². The highest BCUT2D eigenvalue weighted by atomic mass is 32.1. The van der Waals surface area contributed by atoms with E-state index < -0.39 is 203 Å². The van der Waals surface area contributed by atoms with Crippen molar-refractivity contribution in [3.05, 3.63) is 207 Å². The average molecular weight is 1780 g/mol. The number of aromatic amines is 1. The molecule has 0 fully saturated rings. The van der Waals surface area contributed by atoms with Crippen molar-refractivity contribution < 1.29 is 243 Å². The first-order valence-electron chi connectivity index (χ1n) is 31.3. The number of aromatic nitrogens is 4. The second-order valence-electron chi connectivity index (χ2n) is 21.4. The van der Waals surface area contributed by atoms with Crippen LogP contribution in [-0.2, 0) is 47.9 Å². The number of aromatic carboxylic acids is 13. The number of fused-ring (bicyclic) bond motifs is 1. The SMILES string of the molecule is C=C(CC(=O)O)C(=O)O.O=C(O)C(O)C(O)C(=O)O.O=C(O)CC(O)C(=O)O.O=C(O)CC(S)C(=O)O.O=C(O)CNCC(=O)O.O=C(O)c1cc(C(=O)O)cc(C(=O)O)c1.O=C(O)c1ccc(C(=O)O)c2ccccc12.O=C(O)c1ccc(C(=O)O)cc1.O=C(O)c1cccc(C(=O)O)c1.O=C(O)c1nc[nH]c1C(=O)O.O=C(O)c1nccnc1C(=O)O. The Bertz CT molecular complexity index is 4790. The Labute approximate surface area is 689 Å². The summed E-state index contributed by atoms with van der Waals surface area (Å²) in [7, 11) is 0. The molecule has 0 aliphatic rings. The molecule has 4 unspecified atom stereocenters. The molecule has 0 bridgehead atoms. The third-order valence-electron chi connectivity index (χ3n) is 12.3. The minimum Gasteiger partial charge on any atom is -0.481 e. The number of hydrogen-bond acceptors (Lipinski definition) is 31. The third-order valence-corrected chi connectivity index (χ3v) is 12.7. The lowest BCUT2D eigenvalue weighted by atomic mass is 10.00. The van der Waals surface area contributed by atoms with Crippen molar-refractivity contribution in [1.29, 1.82) is 0 Å². The number of nitrogens with one attached hydrogen (secondary N) is 2. The Balaban J connectivity index is -0.000000643. The maximum absolute atomic E-state index is 10.9. The first-order chi connectivity index (χ1) is 57.2.